The molecule has 0 unspecified atom stereocenters. The van der Waals surface area contributed by atoms with Gasteiger partial charge in [0.05, 0.1) is 6.33 Å². The smallest absolute Gasteiger partial charge is 0.0991 e. The summed E-state index contributed by atoms with van der Waals surface area (Å²) in [6.07, 6.45) is 10.1. The Morgan fingerprint density at radius 2 is 2.25 bits per heavy atom. The van der Waals surface area contributed by atoms with Crippen LogP contribution in [-0.2, 0) is 6.42 Å². The fraction of sp³-hybridized carbons (Fsp3) is 0.154. The fourth-order valence-electron chi connectivity index (χ4n) is 2.14. The summed E-state index contributed by atoms with van der Waals surface area (Å²) >= 11 is 3.52. The molecular formula is C13H11BrN2. The Morgan fingerprint density at radius 3 is 3.06 bits per heavy atom. The largest absolute Gasteiger partial charge is 0.306 e. The van der Waals surface area contributed by atoms with Crippen molar-refractivity contribution in [3.8, 4) is 0 Å². The second kappa shape index (κ2) is 3.91. The summed E-state index contributed by atoms with van der Waals surface area (Å²) in [5.41, 5.74) is 3.96. The number of allylic oxidation sites excluding steroid dienone is 1. The molecule has 0 aliphatic heterocycles. The topological polar surface area (TPSA) is 17.8 Å². The van der Waals surface area contributed by atoms with Crippen LogP contribution in [0.25, 0.3) is 5.70 Å². The molecule has 3 heteroatoms. The number of hydrogen-bond acceptors (Lipinski definition) is 1. The zero-order chi connectivity index (χ0) is 11.0. The summed E-state index contributed by atoms with van der Waals surface area (Å²) in [6.45, 7) is 0. The molecule has 0 fully saturated rings. The molecule has 16 heavy (non-hydrogen) atoms. The lowest BCUT2D eigenvalue weighted by Gasteiger charge is -2.18. The Bertz CT molecular complexity index is 541. The molecule has 1 heterocycles. The van der Waals surface area contributed by atoms with Gasteiger partial charge in [-0.1, -0.05) is 28.1 Å². The Labute approximate surface area is 103 Å². The number of benzene rings is 1. The van der Waals surface area contributed by atoms with E-state index in [4.69, 9.17) is 0 Å². The van der Waals surface area contributed by atoms with Crippen LogP contribution >= 0.6 is 15.9 Å². The molecule has 3 rings (SSSR count). The van der Waals surface area contributed by atoms with Gasteiger partial charge in [0.2, 0.25) is 0 Å². The van der Waals surface area contributed by atoms with Gasteiger partial charge in [-0.25, -0.2) is 4.98 Å². The summed E-state index contributed by atoms with van der Waals surface area (Å²) < 4.78 is 3.23. The van der Waals surface area contributed by atoms with E-state index in [1.807, 2.05) is 18.7 Å². The minimum absolute atomic E-state index is 1.09. The lowest BCUT2D eigenvalue weighted by molar-refractivity contribution is 0.940. The number of rotatable bonds is 1. The van der Waals surface area contributed by atoms with Crippen molar-refractivity contribution in [1.82, 2.24) is 9.55 Å². The van der Waals surface area contributed by atoms with Crippen molar-refractivity contribution in [2.24, 2.45) is 0 Å². The Kier molecular flexibility index (Phi) is 2.40. The van der Waals surface area contributed by atoms with Gasteiger partial charge in [-0.05, 0) is 30.5 Å². The molecule has 0 N–H and O–H groups in total. The maximum atomic E-state index is 4.10. The fourth-order valence-corrected chi connectivity index (χ4v) is 2.55. The molecule has 0 saturated heterocycles. The molecule has 1 aliphatic carbocycles. The monoisotopic (exact) mass is 274 g/mol. The number of halogens is 1. The first-order chi connectivity index (χ1) is 7.84. The number of hydrogen-bond donors (Lipinski definition) is 0. The zero-order valence-electron chi connectivity index (χ0n) is 8.73. The Hall–Kier alpha value is -1.35. The van der Waals surface area contributed by atoms with Crippen LogP contribution in [0.2, 0.25) is 0 Å². The second-order valence-corrected chi connectivity index (χ2v) is 4.82. The molecule has 1 aliphatic rings. The highest BCUT2D eigenvalue weighted by Gasteiger charge is 2.13. The Balaban J connectivity index is 2.14. The third-order valence-corrected chi connectivity index (χ3v) is 3.37. The van der Waals surface area contributed by atoms with Crippen molar-refractivity contribution in [2.45, 2.75) is 12.8 Å². The van der Waals surface area contributed by atoms with E-state index in [2.05, 4.69) is 49.8 Å². The van der Waals surface area contributed by atoms with Crippen LogP contribution in [0.15, 0.2) is 47.5 Å². The molecular weight excluding hydrogens is 264 g/mol. The summed E-state index contributed by atoms with van der Waals surface area (Å²) in [6, 6.07) is 6.47. The molecule has 80 valence electrons. The first kappa shape index (κ1) is 9.85. The minimum Gasteiger partial charge on any atom is -0.306 e. The highest BCUT2D eigenvalue weighted by Crippen LogP contribution is 2.29. The van der Waals surface area contributed by atoms with Crippen LogP contribution in [0.4, 0.5) is 0 Å². The normalized spacial score (nSPS) is 14.4. The first-order valence-corrected chi connectivity index (χ1v) is 6.11. The van der Waals surface area contributed by atoms with E-state index in [9.17, 15) is 0 Å². The number of aryl methyl sites for hydroxylation is 1. The number of aromatic nitrogens is 2. The predicted molar refractivity (Wildman–Crippen MR) is 68.1 cm³/mol. The van der Waals surface area contributed by atoms with Crippen molar-refractivity contribution >= 4 is 21.6 Å². The molecule has 0 atom stereocenters. The molecule has 2 aromatic rings. The van der Waals surface area contributed by atoms with Crippen molar-refractivity contribution in [1.29, 1.82) is 0 Å². The molecule has 0 radical (unpaired) electrons. The second-order valence-electron chi connectivity index (χ2n) is 3.90. The third kappa shape index (κ3) is 1.61. The van der Waals surface area contributed by atoms with Crippen LogP contribution in [0.3, 0.4) is 0 Å². The summed E-state index contributed by atoms with van der Waals surface area (Å²) in [5.74, 6) is 0. The highest BCUT2D eigenvalue weighted by molar-refractivity contribution is 9.10. The minimum atomic E-state index is 1.09. The van der Waals surface area contributed by atoms with Crippen molar-refractivity contribution < 1.29 is 0 Å². The number of imidazole rings is 1. The lowest BCUT2D eigenvalue weighted by Crippen LogP contribution is -2.05. The van der Waals surface area contributed by atoms with Gasteiger partial charge in [-0.2, -0.15) is 0 Å². The van der Waals surface area contributed by atoms with E-state index in [0.717, 1.165) is 17.3 Å². The zero-order valence-corrected chi connectivity index (χ0v) is 10.3. The van der Waals surface area contributed by atoms with Crippen LogP contribution in [0, 0.1) is 0 Å². The van der Waals surface area contributed by atoms with Gasteiger partial charge < -0.3 is 4.57 Å². The van der Waals surface area contributed by atoms with Crippen LogP contribution < -0.4 is 0 Å². The van der Waals surface area contributed by atoms with E-state index in [1.54, 1.807) is 0 Å². The van der Waals surface area contributed by atoms with Gasteiger partial charge in [-0.3, -0.25) is 0 Å². The van der Waals surface area contributed by atoms with Crippen molar-refractivity contribution in [3.63, 3.8) is 0 Å². The van der Waals surface area contributed by atoms with E-state index >= 15 is 0 Å². The highest BCUT2D eigenvalue weighted by atomic mass is 79.9. The SMILES string of the molecule is Brc1ccc2c(c1)CCC=C2n1ccnc1. The van der Waals surface area contributed by atoms with E-state index < -0.39 is 0 Å². The van der Waals surface area contributed by atoms with Gasteiger partial charge in [0.25, 0.3) is 0 Å². The number of nitrogens with zero attached hydrogens (tertiary/aromatic N) is 2. The molecule has 0 saturated carbocycles. The van der Waals surface area contributed by atoms with Gasteiger partial charge in [0.1, 0.15) is 0 Å². The predicted octanol–water partition coefficient (Wildman–Crippen LogP) is 3.48. The average molecular weight is 275 g/mol. The van der Waals surface area contributed by atoms with Crippen molar-refractivity contribution in [2.75, 3.05) is 0 Å². The quantitative estimate of drug-likeness (QED) is 0.779. The van der Waals surface area contributed by atoms with Gasteiger partial charge in [-0.15, -0.1) is 0 Å². The molecule has 0 amide bonds. The molecule has 1 aromatic heterocycles. The maximum Gasteiger partial charge on any atom is 0.0991 e. The van der Waals surface area contributed by atoms with Crippen molar-refractivity contribution in [3.05, 3.63) is 58.6 Å². The van der Waals surface area contributed by atoms with Crippen LogP contribution in [0.1, 0.15) is 17.5 Å². The maximum absolute atomic E-state index is 4.10. The van der Waals surface area contributed by atoms with Gasteiger partial charge in [0, 0.05) is 28.1 Å². The summed E-state index contributed by atoms with van der Waals surface area (Å²) in [5, 5.41) is 0. The van der Waals surface area contributed by atoms with Gasteiger partial charge in [0.15, 0.2) is 0 Å². The van der Waals surface area contributed by atoms with Gasteiger partial charge >= 0.3 is 0 Å². The first-order valence-electron chi connectivity index (χ1n) is 5.32. The average Bonchev–Trinajstić information content (AvgIpc) is 2.81. The van der Waals surface area contributed by atoms with E-state index in [1.165, 1.54) is 16.8 Å². The van der Waals surface area contributed by atoms with E-state index in [-0.39, 0.29) is 0 Å². The standard InChI is InChI=1S/C13H11BrN2/c14-11-4-5-12-10(8-11)2-1-3-13(12)16-7-6-15-9-16/h3-9H,1-2H2. The van der Waals surface area contributed by atoms with E-state index in [0.29, 0.717) is 0 Å². The summed E-state index contributed by atoms with van der Waals surface area (Å²) in [4.78, 5) is 4.10. The molecule has 0 bridgehead atoms. The molecule has 0 spiro atoms. The van der Waals surface area contributed by atoms with Crippen LogP contribution in [0.5, 0.6) is 0 Å². The summed E-state index contributed by atoms with van der Waals surface area (Å²) in [7, 11) is 0. The number of fused-ring (bicyclic) bond motifs is 1. The molecule has 1 aromatic carbocycles. The molecule has 2 nitrogen and oxygen atoms in total. The van der Waals surface area contributed by atoms with Crippen LogP contribution in [-0.4, -0.2) is 9.55 Å². The lowest BCUT2D eigenvalue weighted by atomic mass is 9.95. The Morgan fingerprint density at radius 1 is 1.31 bits per heavy atom. The third-order valence-electron chi connectivity index (χ3n) is 2.88.